The van der Waals surface area contributed by atoms with Crippen LogP contribution in [0.25, 0.3) is 0 Å². The van der Waals surface area contributed by atoms with E-state index >= 15 is 0 Å². The second-order valence-corrected chi connectivity index (χ2v) is 5.79. The Morgan fingerprint density at radius 3 is 2.15 bits per heavy atom. The van der Waals surface area contributed by atoms with Crippen LogP contribution >= 0.6 is 0 Å². The maximum atomic E-state index is 11.7. The molecule has 0 aromatic heterocycles. The van der Waals surface area contributed by atoms with Gasteiger partial charge in [-0.05, 0) is 34.1 Å². The maximum absolute atomic E-state index is 11.7. The summed E-state index contributed by atoms with van der Waals surface area (Å²) in [5.41, 5.74) is -0.486. The van der Waals surface area contributed by atoms with E-state index in [9.17, 15) is 4.79 Å². The van der Waals surface area contributed by atoms with Crippen LogP contribution in [-0.2, 0) is 14.2 Å². The summed E-state index contributed by atoms with van der Waals surface area (Å²) in [7, 11) is 3.20. The van der Waals surface area contributed by atoms with E-state index in [2.05, 4.69) is 10.6 Å². The van der Waals surface area contributed by atoms with Gasteiger partial charge in [-0.15, -0.1) is 0 Å². The van der Waals surface area contributed by atoms with Crippen LogP contribution in [0, 0.1) is 0 Å². The Labute approximate surface area is 122 Å². The Hall–Kier alpha value is -0.850. The van der Waals surface area contributed by atoms with Crippen molar-refractivity contribution < 1.29 is 19.0 Å². The number of hydrogen-bond donors (Lipinski definition) is 2. The average molecular weight is 290 g/mol. The summed E-state index contributed by atoms with van der Waals surface area (Å²) >= 11 is 0. The van der Waals surface area contributed by atoms with E-state index in [0.29, 0.717) is 6.54 Å². The highest BCUT2D eigenvalue weighted by Crippen LogP contribution is 2.07. The van der Waals surface area contributed by atoms with Crippen molar-refractivity contribution >= 4 is 6.09 Å². The van der Waals surface area contributed by atoms with Gasteiger partial charge in [0.1, 0.15) is 5.60 Å². The number of carbonyl (C=O) groups excluding carboxylic acids is 1. The molecule has 120 valence electrons. The molecule has 6 nitrogen and oxygen atoms in total. The Balaban J connectivity index is 4.19. The fourth-order valence-electron chi connectivity index (χ4n) is 1.70. The van der Waals surface area contributed by atoms with Crippen LogP contribution < -0.4 is 10.6 Å². The Kier molecular flexibility index (Phi) is 8.76. The zero-order chi connectivity index (χ0) is 15.8. The van der Waals surface area contributed by atoms with Crippen molar-refractivity contribution in [1.82, 2.24) is 10.6 Å². The third-order valence-electron chi connectivity index (χ3n) is 2.77. The van der Waals surface area contributed by atoms with E-state index in [1.54, 1.807) is 14.2 Å². The molecule has 20 heavy (non-hydrogen) atoms. The topological polar surface area (TPSA) is 68.8 Å². The molecule has 0 radical (unpaired) electrons. The zero-order valence-electron chi connectivity index (χ0n) is 13.8. The van der Waals surface area contributed by atoms with Gasteiger partial charge in [0.2, 0.25) is 0 Å². The van der Waals surface area contributed by atoms with Crippen molar-refractivity contribution in [3.63, 3.8) is 0 Å². The molecule has 0 bridgehead atoms. The largest absolute Gasteiger partial charge is 0.444 e. The standard InChI is InChI=1S/C14H30N2O4/c1-8-11(16-13(17)20-14(3,4)5)9-15-10(2)12(18-6)19-7/h10-12,15H,8-9H2,1-7H3,(H,16,17). The normalized spacial score (nSPS) is 15.0. The van der Waals surface area contributed by atoms with Gasteiger partial charge in [-0.1, -0.05) is 6.92 Å². The van der Waals surface area contributed by atoms with Crippen LogP contribution in [0.5, 0.6) is 0 Å². The molecule has 0 aliphatic heterocycles. The third-order valence-corrected chi connectivity index (χ3v) is 2.77. The predicted octanol–water partition coefficient (Wildman–Crippen LogP) is 1.89. The lowest BCUT2D eigenvalue weighted by molar-refractivity contribution is -0.119. The quantitative estimate of drug-likeness (QED) is 0.668. The molecule has 0 aromatic carbocycles. The van der Waals surface area contributed by atoms with Gasteiger partial charge >= 0.3 is 6.09 Å². The molecule has 0 aliphatic carbocycles. The summed E-state index contributed by atoms with van der Waals surface area (Å²) in [6.45, 7) is 10.1. The van der Waals surface area contributed by atoms with Gasteiger partial charge in [0.15, 0.2) is 6.29 Å². The summed E-state index contributed by atoms with van der Waals surface area (Å²) in [5, 5.41) is 6.13. The molecule has 0 saturated carbocycles. The van der Waals surface area contributed by atoms with E-state index in [-0.39, 0.29) is 18.4 Å². The van der Waals surface area contributed by atoms with Crippen LogP contribution in [0.15, 0.2) is 0 Å². The van der Waals surface area contributed by atoms with Crippen LogP contribution in [0.1, 0.15) is 41.0 Å². The molecule has 2 N–H and O–H groups in total. The number of alkyl carbamates (subject to hydrolysis) is 1. The lowest BCUT2D eigenvalue weighted by Gasteiger charge is -2.26. The molecule has 0 spiro atoms. The number of ether oxygens (including phenoxy) is 3. The van der Waals surface area contributed by atoms with E-state index in [0.717, 1.165) is 6.42 Å². The van der Waals surface area contributed by atoms with E-state index in [1.165, 1.54) is 0 Å². The first-order valence-corrected chi connectivity index (χ1v) is 7.02. The molecule has 0 fully saturated rings. The Morgan fingerprint density at radius 1 is 1.20 bits per heavy atom. The lowest BCUT2D eigenvalue weighted by Crippen LogP contribution is -2.48. The van der Waals surface area contributed by atoms with E-state index in [1.807, 2.05) is 34.6 Å². The van der Waals surface area contributed by atoms with Crippen LogP contribution in [0.3, 0.4) is 0 Å². The average Bonchev–Trinajstić information content (AvgIpc) is 2.33. The highest BCUT2D eigenvalue weighted by Gasteiger charge is 2.20. The summed E-state index contributed by atoms with van der Waals surface area (Å²) in [6, 6.07) is 0.0288. The molecule has 0 rings (SSSR count). The van der Waals surface area contributed by atoms with E-state index in [4.69, 9.17) is 14.2 Å². The van der Waals surface area contributed by atoms with Crippen LogP contribution in [-0.4, -0.2) is 50.8 Å². The highest BCUT2D eigenvalue weighted by molar-refractivity contribution is 5.68. The molecule has 6 heteroatoms. The van der Waals surface area contributed by atoms with Crippen LogP contribution in [0.2, 0.25) is 0 Å². The fraction of sp³-hybridized carbons (Fsp3) is 0.929. The molecular formula is C14H30N2O4. The Morgan fingerprint density at radius 2 is 1.75 bits per heavy atom. The molecule has 2 atom stereocenters. The number of amides is 1. The summed E-state index contributed by atoms with van der Waals surface area (Å²) in [6.07, 6.45) is 0.103. The SMILES string of the molecule is CCC(CNC(C)C(OC)OC)NC(=O)OC(C)(C)C. The molecule has 0 aromatic rings. The summed E-state index contributed by atoms with van der Waals surface area (Å²) in [4.78, 5) is 11.7. The van der Waals surface area contributed by atoms with Crippen molar-refractivity contribution in [3.8, 4) is 0 Å². The minimum atomic E-state index is -0.486. The number of carbonyl (C=O) groups is 1. The number of nitrogens with one attached hydrogen (secondary N) is 2. The van der Waals surface area contributed by atoms with Gasteiger partial charge in [-0.25, -0.2) is 4.79 Å². The molecule has 2 unspecified atom stereocenters. The first-order chi connectivity index (χ1) is 9.23. The smallest absolute Gasteiger partial charge is 0.407 e. The molecule has 0 heterocycles. The number of rotatable bonds is 8. The molecule has 1 amide bonds. The first kappa shape index (κ1) is 19.1. The van der Waals surface area contributed by atoms with Gasteiger partial charge in [0, 0.05) is 26.8 Å². The van der Waals surface area contributed by atoms with E-state index < -0.39 is 11.7 Å². The number of hydrogen-bond acceptors (Lipinski definition) is 5. The van der Waals surface area contributed by atoms with Crippen molar-refractivity contribution in [2.24, 2.45) is 0 Å². The van der Waals surface area contributed by atoms with Gasteiger partial charge in [-0.3, -0.25) is 0 Å². The second-order valence-electron chi connectivity index (χ2n) is 5.79. The monoisotopic (exact) mass is 290 g/mol. The zero-order valence-corrected chi connectivity index (χ0v) is 13.8. The van der Waals surface area contributed by atoms with Gasteiger partial charge in [0.25, 0.3) is 0 Å². The Bertz CT molecular complexity index is 275. The summed E-state index contributed by atoms with van der Waals surface area (Å²) < 4.78 is 15.6. The van der Waals surface area contributed by atoms with Gasteiger partial charge < -0.3 is 24.8 Å². The lowest BCUT2D eigenvalue weighted by atomic mass is 10.2. The maximum Gasteiger partial charge on any atom is 0.407 e. The van der Waals surface area contributed by atoms with Crippen LogP contribution in [0.4, 0.5) is 4.79 Å². The third kappa shape index (κ3) is 8.35. The minimum absolute atomic E-state index is 0.00154. The fourth-order valence-corrected chi connectivity index (χ4v) is 1.70. The predicted molar refractivity (Wildman–Crippen MR) is 78.7 cm³/mol. The summed E-state index contributed by atoms with van der Waals surface area (Å²) in [5.74, 6) is 0. The molecule has 0 saturated heterocycles. The van der Waals surface area contributed by atoms with Crippen molar-refractivity contribution in [1.29, 1.82) is 0 Å². The second kappa shape index (κ2) is 9.15. The van der Waals surface area contributed by atoms with Crippen molar-refractivity contribution in [3.05, 3.63) is 0 Å². The first-order valence-electron chi connectivity index (χ1n) is 7.02. The molecule has 0 aliphatic rings. The minimum Gasteiger partial charge on any atom is -0.444 e. The molecular weight excluding hydrogens is 260 g/mol. The van der Waals surface area contributed by atoms with Crippen molar-refractivity contribution in [2.45, 2.75) is 65.0 Å². The van der Waals surface area contributed by atoms with Gasteiger partial charge in [0.05, 0.1) is 6.04 Å². The van der Waals surface area contributed by atoms with Crippen molar-refractivity contribution in [2.75, 3.05) is 20.8 Å². The highest BCUT2D eigenvalue weighted by atomic mass is 16.7. The van der Waals surface area contributed by atoms with Gasteiger partial charge in [-0.2, -0.15) is 0 Å². The number of methoxy groups -OCH3 is 2.